The van der Waals surface area contributed by atoms with Crippen molar-refractivity contribution in [2.45, 2.75) is 26.7 Å². The van der Waals surface area contributed by atoms with Crippen LogP contribution in [0, 0.1) is 11.8 Å². The Morgan fingerprint density at radius 2 is 2.05 bits per heavy atom. The van der Waals surface area contributed by atoms with Crippen LogP contribution in [0.5, 0.6) is 5.75 Å². The third kappa shape index (κ3) is 6.92. The molecule has 0 bridgehead atoms. The summed E-state index contributed by atoms with van der Waals surface area (Å²) in [6.07, 6.45) is 2.15. The minimum Gasteiger partial charge on any atom is -0.497 e. The second kappa shape index (κ2) is 9.78. The lowest BCUT2D eigenvalue weighted by molar-refractivity contribution is 0.0978. The predicted molar refractivity (Wildman–Crippen MR) is 84.4 cm³/mol. The smallest absolute Gasteiger partial charge is 0.119 e. The van der Waals surface area contributed by atoms with E-state index in [1.807, 2.05) is 13.1 Å². The summed E-state index contributed by atoms with van der Waals surface area (Å²) >= 11 is 0. The molecule has 0 aliphatic rings. The number of hydrogen-bond acceptors (Lipinski definition) is 3. The summed E-state index contributed by atoms with van der Waals surface area (Å²) in [5.41, 5.74) is 1.33. The van der Waals surface area contributed by atoms with Gasteiger partial charge in [0.15, 0.2) is 0 Å². The van der Waals surface area contributed by atoms with Gasteiger partial charge in [-0.3, -0.25) is 0 Å². The maximum atomic E-state index is 5.70. The van der Waals surface area contributed by atoms with Crippen molar-refractivity contribution in [3.05, 3.63) is 29.8 Å². The number of methoxy groups -OCH3 is 1. The van der Waals surface area contributed by atoms with Gasteiger partial charge in [0.25, 0.3) is 0 Å². The van der Waals surface area contributed by atoms with E-state index >= 15 is 0 Å². The molecule has 0 aromatic heterocycles. The first-order chi connectivity index (χ1) is 9.65. The predicted octanol–water partition coefficient (Wildman–Crippen LogP) is 3.14. The topological polar surface area (TPSA) is 30.5 Å². The van der Waals surface area contributed by atoms with E-state index < -0.39 is 0 Å². The average Bonchev–Trinajstić information content (AvgIpc) is 2.43. The Morgan fingerprint density at radius 1 is 1.25 bits per heavy atom. The van der Waals surface area contributed by atoms with E-state index in [-0.39, 0.29) is 0 Å². The van der Waals surface area contributed by atoms with Crippen molar-refractivity contribution in [3.63, 3.8) is 0 Å². The molecule has 1 atom stereocenters. The summed E-state index contributed by atoms with van der Waals surface area (Å²) in [6.45, 7) is 7.07. The molecule has 1 rings (SSSR count). The molecule has 1 unspecified atom stereocenters. The Balaban J connectivity index is 2.44. The zero-order chi connectivity index (χ0) is 14.8. The summed E-state index contributed by atoms with van der Waals surface area (Å²) < 4.78 is 11.0. The SMILES string of the molecule is CNCC(CCOCC(C)C)Cc1cccc(OC)c1. The fourth-order valence-corrected chi connectivity index (χ4v) is 2.27. The molecule has 1 N–H and O–H groups in total. The van der Waals surface area contributed by atoms with Crippen molar-refractivity contribution in [1.29, 1.82) is 0 Å². The normalized spacial score (nSPS) is 12.7. The standard InChI is InChI=1S/C17H29NO2/c1-14(2)13-20-9-8-16(12-18-3)10-15-6-5-7-17(11-15)19-4/h5-7,11,14,16,18H,8-10,12-13H2,1-4H3. The largest absolute Gasteiger partial charge is 0.497 e. The van der Waals surface area contributed by atoms with Gasteiger partial charge < -0.3 is 14.8 Å². The van der Waals surface area contributed by atoms with E-state index in [1.54, 1.807) is 7.11 Å². The van der Waals surface area contributed by atoms with Gasteiger partial charge >= 0.3 is 0 Å². The molecule has 0 radical (unpaired) electrons. The van der Waals surface area contributed by atoms with E-state index in [1.165, 1.54) is 5.56 Å². The molecule has 1 aromatic carbocycles. The third-order valence-corrected chi connectivity index (χ3v) is 3.27. The molecule has 20 heavy (non-hydrogen) atoms. The average molecular weight is 279 g/mol. The molecule has 0 spiro atoms. The summed E-state index contributed by atoms with van der Waals surface area (Å²) in [5.74, 6) is 2.14. The van der Waals surface area contributed by atoms with E-state index in [2.05, 4.69) is 37.4 Å². The van der Waals surface area contributed by atoms with E-state index in [4.69, 9.17) is 9.47 Å². The van der Waals surface area contributed by atoms with Crippen molar-refractivity contribution in [3.8, 4) is 5.75 Å². The third-order valence-electron chi connectivity index (χ3n) is 3.27. The Hall–Kier alpha value is -1.06. The van der Waals surface area contributed by atoms with Gasteiger partial charge in [-0.25, -0.2) is 0 Å². The highest BCUT2D eigenvalue weighted by Gasteiger charge is 2.10. The highest BCUT2D eigenvalue weighted by molar-refractivity contribution is 5.28. The summed E-state index contributed by atoms with van der Waals surface area (Å²) in [6, 6.07) is 8.33. The number of benzene rings is 1. The monoisotopic (exact) mass is 279 g/mol. The minimum absolute atomic E-state index is 0.597. The second-order valence-corrected chi connectivity index (χ2v) is 5.74. The molecule has 114 valence electrons. The van der Waals surface area contributed by atoms with E-state index in [9.17, 15) is 0 Å². The van der Waals surface area contributed by atoms with Crippen molar-refractivity contribution in [1.82, 2.24) is 5.32 Å². The van der Waals surface area contributed by atoms with Crippen molar-refractivity contribution in [2.24, 2.45) is 11.8 Å². The van der Waals surface area contributed by atoms with Crippen LogP contribution < -0.4 is 10.1 Å². The lowest BCUT2D eigenvalue weighted by atomic mass is 9.96. The maximum Gasteiger partial charge on any atom is 0.119 e. The molecule has 0 aliphatic carbocycles. The van der Waals surface area contributed by atoms with Crippen LogP contribution in [0.4, 0.5) is 0 Å². The van der Waals surface area contributed by atoms with Crippen LogP contribution >= 0.6 is 0 Å². The van der Waals surface area contributed by atoms with Crippen molar-refractivity contribution >= 4 is 0 Å². The first-order valence-electron chi connectivity index (χ1n) is 7.51. The molecule has 0 aliphatic heterocycles. The molecule has 1 aromatic rings. The fourth-order valence-electron chi connectivity index (χ4n) is 2.27. The summed E-state index contributed by atoms with van der Waals surface area (Å²) in [4.78, 5) is 0. The lowest BCUT2D eigenvalue weighted by Gasteiger charge is -2.17. The van der Waals surface area contributed by atoms with Crippen LogP contribution in [-0.4, -0.2) is 33.9 Å². The molecule has 0 fully saturated rings. The summed E-state index contributed by atoms with van der Waals surface area (Å²) in [7, 11) is 3.72. The van der Waals surface area contributed by atoms with Gasteiger partial charge in [-0.1, -0.05) is 26.0 Å². The molecular formula is C17H29NO2. The van der Waals surface area contributed by atoms with Crippen LogP contribution in [0.15, 0.2) is 24.3 Å². The Morgan fingerprint density at radius 3 is 2.70 bits per heavy atom. The lowest BCUT2D eigenvalue weighted by Crippen LogP contribution is -2.22. The summed E-state index contributed by atoms with van der Waals surface area (Å²) in [5, 5.41) is 3.28. The number of nitrogens with one attached hydrogen (secondary N) is 1. The van der Waals surface area contributed by atoms with Crippen molar-refractivity contribution < 1.29 is 9.47 Å². The van der Waals surface area contributed by atoms with Crippen LogP contribution in [0.1, 0.15) is 25.8 Å². The number of ether oxygens (including phenoxy) is 2. The Labute approximate surface area is 123 Å². The van der Waals surface area contributed by atoms with Crippen LogP contribution in [0.3, 0.4) is 0 Å². The van der Waals surface area contributed by atoms with Gasteiger partial charge in [0.05, 0.1) is 7.11 Å². The Kier molecular flexibility index (Phi) is 8.31. The van der Waals surface area contributed by atoms with Gasteiger partial charge in [0.2, 0.25) is 0 Å². The number of rotatable bonds is 10. The first kappa shape index (κ1) is 17.0. The zero-order valence-corrected chi connectivity index (χ0v) is 13.3. The van der Waals surface area contributed by atoms with Crippen LogP contribution in [0.25, 0.3) is 0 Å². The molecule has 0 amide bonds. The van der Waals surface area contributed by atoms with Gasteiger partial charge in [-0.15, -0.1) is 0 Å². The minimum atomic E-state index is 0.597. The van der Waals surface area contributed by atoms with E-state index in [0.29, 0.717) is 11.8 Å². The highest BCUT2D eigenvalue weighted by atomic mass is 16.5. The molecule has 0 saturated carbocycles. The van der Waals surface area contributed by atoms with Crippen LogP contribution in [0.2, 0.25) is 0 Å². The van der Waals surface area contributed by atoms with Crippen molar-refractivity contribution in [2.75, 3.05) is 33.9 Å². The molecule has 3 heteroatoms. The van der Waals surface area contributed by atoms with Gasteiger partial charge in [0, 0.05) is 13.2 Å². The van der Waals surface area contributed by atoms with Gasteiger partial charge in [-0.2, -0.15) is 0 Å². The zero-order valence-electron chi connectivity index (χ0n) is 13.3. The second-order valence-electron chi connectivity index (χ2n) is 5.74. The molecule has 0 saturated heterocycles. The molecule has 3 nitrogen and oxygen atoms in total. The molecule has 0 heterocycles. The highest BCUT2D eigenvalue weighted by Crippen LogP contribution is 2.17. The van der Waals surface area contributed by atoms with E-state index in [0.717, 1.165) is 38.3 Å². The molecular weight excluding hydrogens is 250 g/mol. The van der Waals surface area contributed by atoms with Crippen LogP contribution in [-0.2, 0) is 11.2 Å². The van der Waals surface area contributed by atoms with Gasteiger partial charge in [-0.05, 0) is 56.0 Å². The number of hydrogen-bond donors (Lipinski definition) is 1. The Bertz CT molecular complexity index is 366. The first-order valence-corrected chi connectivity index (χ1v) is 7.51. The quantitative estimate of drug-likeness (QED) is 0.667. The maximum absolute atomic E-state index is 5.70. The van der Waals surface area contributed by atoms with Gasteiger partial charge in [0.1, 0.15) is 5.75 Å². The fraction of sp³-hybridized carbons (Fsp3) is 0.647.